The molecular weight excluding hydrogens is 466 g/mol. The lowest BCUT2D eigenvalue weighted by Crippen LogP contribution is -2.40. The van der Waals surface area contributed by atoms with E-state index in [9.17, 15) is 14.7 Å². The fourth-order valence-electron chi connectivity index (χ4n) is 5.46. The summed E-state index contributed by atoms with van der Waals surface area (Å²) in [6.07, 6.45) is 0.673. The maximum atomic E-state index is 15.0. The van der Waals surface area contributed by atoms with Crippen molar-refractivity contribution in [1.82, 2.24) is 14.5 Å². The van der Waals surface area contributed by atoms with E-state index in [0.717, 1.165) is 5.56 Å². The van der Waals surface area contributed by atoms with Gasteiger partial charge in [0, 0.05) is 18.5 Å². The van der Waals surface area contributed by atoms with Crippen LogP contribution in [-0.4, -0.2) is 31.5 Å². The Morgan fingerprint density at radius 2 is 2.00 bits per heavy atom. The van der Waals surface area contributed by atoms with Gasteiger partial charge in [0.15, 0.2) is 5.69 Å². The molecule has 1 aromatic carbocycles. The Hall–Kier alpha value is -3.07. The fraction of sp³-hybridized carbons (Fsp3) is 0.417. The number of hydrogen-bond acceptors (Lipinski definition) is 5. The Kier molecular flexibility index (Phi) is 5.16. The highest BCUT2D eigenvalue weighted by Gasteiger charge is 2.62. The second-order valence-corrected chi connectivity index (χ2v) is 9.62. The number of aryl methyl sites for hydroxylation is 1. The second kappa shape index (κ2) is 7.73. The standard InChI is InChI=1S/C24H23ClF2N4O3/c1-12-10-14(13(2)28-16-4-5-17(25)29-19(16)21(33)34)18-15(11-12)20(32)31-9-8-23(22(31)30-18)6-3-7-24(23,26)27/h4-5,10-11,13,28H,3,6-9H2,1-2H3,(H,33,34)/t13-,23?/m1/s1. The van der Waals surface area contributed by atoms with Gasteiger partial charge in [-0.1, -0.05) is 17.7 Å². The van der Waals surface area contributed by atoms with E-state index in [-0.39, 0.29) is 47.3 Å². The third-order valence-electron chi connectivity index (χ3n) is 7.12. The van der Waals surface area contributed by atoms with Crippen molar-refractivity contribution in [1.29, 1.82) is 0 Å². The topological polar surface area (TPSA) is 97.1 Å². The summed E-state index contributed by atoms with van der Waals surface area (Å²) < 4.78 is 31.5. The zero-order chi connectivity index (χ0) is 24.4. The molecule has 0 amide bonds. The summed E-state index contributed by atoms with van der Waals surface area (Å²) in [5.74, 6) is -4.01. The van der Waals surface area contributed by atoms with Gasteiger partial charge in [-0.15, -0.1) is 0 Å². The van der Waals surface area contributed by atoms with E-state index in [4.69, 9.17) is 16.6 Å². The predicted molar refractivity (Wildman–Crippen MR) is 124 cm³/mol. The number of pyridine rings is 1. The average Bonchev–Trinajstić information content (AvgIpc) is 3.30. The molecule has 10 heteroatoms. The summed E-state index contributed by atoms with van der Waals surface area (Å²) in [6.45, 7) is 3.86. The van der Waals surface area contributed by atoms with Crippen molar-refractivity contribution in [2.24, 2.45) is 0 Å². The molecule has 1 aliphatic heterocycles. The third kappa shape index (κ3) is 3.28. The molecule has 7 nitrogen and oxygen atoms in total. The predicted octanol–water partition coefficient (Wildman–Crippen LogP) is 5.09. The van der Waals surface area contributed by atoms with Crippen LogP contribution >= 0.6 is 11.6 Å². The molecule has 34 heavy (non-hydrogen) atoms. The first-order chi connectivity index (χ1) is 16.0. The van der Waals surface area contributed by atoms with Crippen LogP contribution in [0.3, 0.4) is 0 Å². The number of rotatable bonds is 4. The number of carbonyl (C=O) groups is 1. The van der Waals surface area contributed by atoms with Crippen LogP contribution in [0.5, 0.6) is 0 Å². The van der Waals surface area contributed by atoms with Gasteiger partial charge in [0.05, 0.1) is 28.0 Å². The highest BCUT2D eigenvalue weighted by molar-refractivity contribution is 6.29. The van der Waals surface area contributed by atoms with Gasteiger partial charge in [0.25, 0.3) is 11.5 Å². The zero-order valence-corrected chi connectivity index (χ0v) is 19.4. The van der Waals surface area contributed by atoms with Crippen LogP contribution in [0.1, 0.15) is 66.1 Å². The lowest BCUT2D eigenvalue weighted by molar-refractivity contribution is -0.0584. The van der Waals surface area contributed by atoms with Crippen LogP contribution in [0.25, 0.3) is 10.9 Å². The number of carboxylic acid groups (broad SMARTS) is 1. The first-order valence-electron chi connectivity index (χ1n) is 11.1. The SMILES string of the molecule is Cc1cc([C@@H](C)Nc2ccc(Cl)nc2C(=O)O)c2nc3n(c(=O)c2c1)CCC31CCCC1(F)F. The number of fused-ring (bicyclic) bond motifs is 3. The molecule has 1 aliphatic carbocycles. The van der Waals surface area contributed by atoms with Crippen LogP contribution in [0, 0.1) is 6.92 Å². The van der Waals surface area contributed by atoms with E-state index in [1.807, 2.05) is 13.0 Å². The Bertz CT molecular complexity index is 1410. The molecule has 3 heterocycles. The number of benzene rings is 1. The molecule has 2 aromatic heterocycles. The maximum Gasteiger partial charge on any atom is 0.356 e. The van der Waals surface area contributed by atoms with E-state index >= 15 is 8.78 Å². The number of anilines is 1. The number of hydrogen-bond donors (Lipinski definition) is 2. The van der Waals surface area contributed by atoms with Crippen LogP contribution in [0.2, 0.25) is 5.15 Å². The molecule has 1 fully saturated rings. The summed E-state index contributed by atoms with van der Waals surface area (Å²) in [4.78, 5) is 33.6. The Morgan fingerprint density at radius 3 is 2.68 bits per heavy atom. The smallest absolute Gasteiger partial charge is 0.356 e. The fourth-order valence-corrected chi connectivity index (χ4v) is 5.61. The Morgan fingerprint density at radius 1 is 1.24 bits per heavy atom. The normalized spacial score (nSPS) is 21.7. The minimum absolute atomic E-state index is 0.0460. The van der Waals surface area contributed by atoms with E-state index in [1.54, 1.807) is 13.0 Å². The van der Waals surface area contributed by atoms with Crippen molar-refractivity contribution in [2.45, 2.75) is 63.5 Å². The lowest BCUT2D eigenvalue weighted by atomic mass is 9.81. The third-order valence-corrected chi connectivity index (χ3v) is 7.33. The van der Waals surface area contributed by atoms with Gasteiger partial charge in [-0.2, -0.15) is 0 Å². The largest absolute Gasteiger partial charge is 0.476 e. The zero-order valence-electron chi connectivity index (χ0n) is 18.7. The molecule has 1 spiro atoms. The van der Waals surface area contributed by atoms with Gasteiger partial charge >= 0.3 is 5.97 Å². The summed E-state index contributed by atoms with van der Waals surface area (Å²) >= 11 is 5.86. The molecular formula is C24H23ClF2N4O3. The molecule has 2 atom stereocenters. The first-order valence-corrected chi connectivity index (χ1v) is 11.5. The number of halogens is 3. The lowest BCUT2D eigenvalue weighted by Gasteiger charge is -2.30. The monoisotopic (exact) mass is 488 g/mol. The molecule has 1 saturated carbocycles. The van der Waals surface area contributed by atoms with Gasteiger partial charge in [-0.05, 0) is 56.9 Å². The minimum Gasteiger partial charge on any atom is -0.476 e. The molecule has 2 N–H and O–H groups in total. The molecule has 178 valence electrons. The highest BCUT2D eigenvalue weighted by Crippen LogP contribution is 2.56. The van der Waals surface area contributed by atoms with Gasteiger partial charge < -0.3 is 10.4 Å². The van der Waals surface area contributed by atoms with Crippen molar-refractivity contribution in [2.75, 3.05) is 5.32 Å². The number of aromatic carboxylic acids is 1. The molecule has 2 aliphatic rings. The molecule has 0 bridgehead atoms. The van der Waals surface area contributed by atoms with Crippen molar-refractivity contribution in [3.63, 3.8) is 0 Å². The van der Waals surface area contributed by atoms with Crippen molar-refractivity contribution >= 4 is 34.2 Å². The molecule has 5 rings (SSSR count). The summed E-state index contributed by atoms with van der Waals surface area (Å²) in [7, 11) is 0. The maximum absolute atomic E-state index is 15.0. The number of nitrogens with zero attached hydrogens (tertiary/aromatic N) is 3. The van der Waals surface area contributed by atoms with E-state index in [1.165, 1.54) is 16.7 Å². The van der Waals surface area contributed by atoms with Crippen molar-refractivity contribution < 1.29 is 18.7 Å². The number of aromatic nitrogens is 3. The van der Waals surface area contributed by atoms with Gasteiger partial charge in [0.1, 0.15) is 11.0 Å². The summed E-state index contributed by atoms with van der Waals surface area (Å²) in [5.41, 5.74) is 0.0361. The van der Waals surface area contributed by atoms with Crippen LogP contribution < -0.4 is 10.9 Å². The Balaban J connectivity index is 1.67. The summed E-state index contributed by atoms with van der Waals surface area (Å²) in [5, 5.41) is 13.0. The van der Waals surface area contributed by atoms with Gasteiger partial charge in [-0.3, -0.25) is 9.36 Å². The van der Waals surface area contributed by atoms with Crippen molar-refractivity contribution in [3.8, 4) is 0 Å². The van der Waals surface area contributed by atoms with Gasteiger partial charge in [-0.25, -0.2) is 23.5 Å². The highest BCUT2D eigenvalue weighted by atomic mass is 35.5. The summed E-state index contributed by atoms with van der Waals surface area (Å²) in [6, 6.07) is 6.04. The second-order valence-electron chi connectivity index (χ2n) is 9.23. The molecule has 0 saturated heterocycles. The molecule has 3 aromatic rings. The van der Waals surface area contributed by atoms with Crippen LogP contribution in [0.4, 0.5) is 14.5 Å². The van der Waals surface area contributed by atoms with Crippen LogP contribution in [0.15, 0.2) is 29.1 Å². The van der Waals surface area contributed by atoms with E-state index < -0.39 is 23.3 Å². The van der Waals surface area contributed by atoms with Gasteiger partial charge in [0.2, 0.25) is 0 Å². The molecule has 0 radical (unpaired) electrons. The number of carboxylic acids is 1. The van der Waals surface area contributed by atoms with E-state index in [0.29, 0.717) is 29.3 Å². The number of nitrogens with one attached hydrogen (secondary N) is 1. The minimum atomic E-state index is -2.92. The Labute approximate surface area is 198 Å². The van der Waals surface area contributed by atoms with Crippen molar-refractivity contribution in [3.05, 3.63) is 62.4 Å². The quantitative estimate of drug-likeness (QED) is 0.497. The van der Waals surface area contributed by atoms with E-state index in [2.05, 4.69) is 10.3 Å². The first kappa shape index (κ1) is 22.7. The average molecular weight is 489 g/mol. The molecule has 1 unspecified atom stereocenters. The van der Waals surface area contributed by atoms with Crippen LogP contribution in [-0.2, 0) is 12.0 Å². The number of alkyl halides is 2.